The molecule has 25 heavy (non-hydrogen) atoms. The summed E-state index contributed by atoms with van der Waals surface area (Å²) in [6.45, 7) is 0.912. The summed E-state index contributed by atoms with van der Waals surface area (Å²) in [7, 11) is 2.01. The minimum absolute atomic E-state index is 0.0791. The molecule has 1 amide bonds. The third-order valence-electron chi connectivity index (χ3n) is 5.94. The maximum absolute atomic E-state index is 11.8. The quantitative estimate of drug-likeness (QED) is 0.711. The molecule has 1 saturated heterocycles. The lowest BCUT2D eigenvalue weighted by Crippen LogP contribution is -2.41. The van der Waals surface area contributed by atoms with Gasteiger partial charge < -0.3 is 25.0 Å². The Morgan fingerprint density at radius 2 is 2.24 bits per heavy atom. The number of likely N-dealkylation sites (tertiary alicyclic amines) is 1. The number of H-pyrrole nitrogens is 1. The van der Waals surface area contributed by atoms with E-state index in [2.05, 4.69) is 19.9 Å². The Balaban J connectivity index is 1.58. The molecule has 1 aliphatic heterocycles. The molecule has 4 atom stereocenters. The average Bonchev–Trinajstić information content (AvgIpc) is 3.33. The van der Waals surface area contributed by atoms with Crippen LogP contribution in [0.2, 0.25) is 0 Å². The molecule has 2 aromatic rings. The molecule has 0 spiro atoms. The standard InChI is InChI=1S/C17H23N5O3/c1-21(17-11-2-3-18-16(11)19-9-20-17)14-4-10-5-22(15(25)8-24)6-12(10)13(14)7-23/h2-3,9-10,12-14,23-24H,4-8H2,1H3,(H,18,19,20)/t10?,12-,13+,14?/m1/s1. The van der Waals surface area contributed by atoms with Crippen LogP contribution in [-0.4, -0.2) is 75.4 Å². The molecular formula is C17H23N5O3. The number of aromatic amines is 1. The molecule has 2 aromatic heterocycles. The first-order chi connectivity index (χ1) is 12.1. The van der Waals surface area contributed by atoms with E-state index in [1.807, 2.05) is 19.3 Å². The molecule has 0 bridgehead atoms. The summed E-state index contributed by atoms with van der Waals surface area (Å²) in [5, 5.41) is 20.1. The first-order valence-electron chi connectivity index (χ1n) is 8.64. The van der Waals surface area contributed by atoms with Crippen molar-refractivity contribution in [2.75, 3.05) is 38.3 Å². The molecule has 1 aliphatic carbocycles. The van der Waals surface area contributed by atoms with Crippen molar-refractivity contribution in [3.05, 3.63) is 18.6 Å². The first-order valence-corrected chi connectivity index (χ1v) is 8.64. The van der Waals surface area contributed by atoms with Gasteiger partial charge in [0.2, 0.25) is 5.91 Å². The second-order valence-electron chi connectivity index (χ2n) is 7.08. The zero-order valence-electron chi connectivity index (χ0n) is 14.2. The Bertz CT molecular complexity index is 778. The molecule has 8 nitrogen and oxygen atoms in total. The van der Waals surface area contributed by atoms with Gasteiger partial charge in [0.15, 0.2) is 0 Å². The second-order valence-corrected chi connectivity index (χ2v) is 7.08. The molecule has 4 rings (SSSR count). The van der Waals surface area contributed by atoms with Crippen molar-refractivity contribution < 1.29 is 15.0 Å². The Kier molecular flexibility index (Phi) is 4.09. The molecule has 8 heteroatoms. The van der Waals surface area contributed by atoms with Crippen LogP contribution in [0.3, 0.4) is 0 Å². The lowest BCUT2D eigenvalue weighted by Gasteiger charge is -2.32. The van der Waals surface area contributed by atoms with Crippen LogP contribution in [0.25, 0.3) is 11.0 Å². The van der Waals surface area contributed by atoms with Crippen molar-refractivity contribution in [1.82, 2.24) is 19.9 Å². The summed E-state index contributed by atoms with van der Waals surface area (Å²) in [6.07, 6.45) is 4.30. The SMILES string of the molecule is CN(c1ncnc2[nH]ccc12)C1CC2CN(C(=O)CO)C[C@H]2[C@@H]1CO. The minimum Gasteiger partial charge on any atom is -0.396 e. The molecule has 0 radical (unpaired) electrons. The van der Waals surface area contributed by atoms with E-state index in [1.165, 1.54) is 0 Å². The monoisotopic (exact) mass is 345 g/mol. The zero-order valence-corrected chi connectivity index (χ0v) is 14.2. The van der Waals surface area contributed by atoms with Gasteiger partial charge in [0.25, 0.3) is 0 Å². The Hall–Kier alpha value is -2.19. The number of hydrogen-bond donors (Lipinski definition) is 3. The van der Waals surface area contributed by atoms with E-state index in [1.54, 1.807) is 11.2 Å². The largest absolute Gasteiger partial charge is 0.396 e. The van der Waals surface area contributed by atoms with Crippen molar-refractivity contribution in [1.29, 1.82) is 0 Å². The van der Waals surface area contributed by atoms with Crippen molar-refractivity contribution in [3.63, 3.8) is 0 Å². The van der Waals surface area contributed by atoms with Crippen LogP contribution in [0, 0.1) is 17.8 Å². The molecule has 2 unspecified atom stereocenters. The molecule has 2 aliphatic rings. The predicted octanol–water partition coefficient (Wildman–Crippen LogP) is -0.158. The number of aromatic nitrogens is 3. The summed E-state index contributed by atoms with van der Waals surface area (Å²) in [5.74, 6) is 1.33. The number of aliphatic hydroxyl groups excluding tert-OH is 2. The van der Waals surface area contributed by atoms with E-state index in [0.717, 1.165) is 23.3 Å². The molecule has 3 heterocycles. The van der Waals surface area contributed by atoms with Gasteiger partial charge in [-0.3, -0.25) is 4.79 Å². The number of rotatable bonds is 4. The fourth-order valence-electron chi connectivity index (χ4n) is 4.70. The number of fused-ring (bicyclic) bond motifs is 2. The maximum atomic E-state index is 11.8. The van der Waals surface area contributed by atoms with Crippen LogP contribution in [0.4, 0.5) is 5.82 Å². The molecule has 134 valence electrons. The summed E-state index contributed by atoms with van der Waals surface area (Å²) >= 11 is 0. The molecule has 3 N–H and O–H groups in total. The molecule has 2 fully saturated rings. The highest BCUT2D eigenvalue weighted by Gasteiger charge is 2.50. The smallest absolute Gasteiger partial charge is 0.248 e. The van der Waals surface area contributed by atoms with Gasteiger partial charge in [-0.2, -0.15) is 0 Å². The lowest BCUT2D eigenvalue weighted by atomic mass is 9.91. The topological polar surface area (TPSA) is 106 Å². The van der Waals surface area contributed by atoms with Gasteiger partial charge in [0, 0.05) is 44.9 Å². The van der Waals surface area contributed by atoms with Crippen molar-refractivity contribution in [2.45, 2.75) is 12.5 Å². The van der Waals surface area contributed by atoms with E-state index in [9.17, 15) is 9.90 Å². The van der Waals surface area contributed by atoms with Crippen molar-refractivity contribution in [3.8, 4) is 0 Å². The highest BCUT2D eigenvalue weighted by molar-refractivity contribution is 5.87. The number of carbonyl (C=O) groups excluding carboxylic acids is 1. The molecular weight excluding hydrogens is 322 g/mol. The first kappa shape index (κ1) is 16.3. The number of hydrogen-bond acceptors (Lipinski definition) is 6. The van der Waals surface area contributed by atoms with Gasteiger partial charge >= 0.3 is 0 Å². The predicted molar refractivity (Wildman–Crippen MR) is 91.9 cm³/mol. The number of nitrogens with one attached hydrogen (secondary N) is 1. The van der Waals surface area contributed by atoms with Gasteiger partial charge in [-0.05, 0) is 24.3 Å². The minimum atomic E-state index is -0.445. The average molecular weight is 345 g/mol. The number of nitrogens with zero attached hydrogens (tertiary/aromatic N) is 4. The lowest BCUT2D eigenvalue weighted by molar-refractivity contribution is -0.133. The van der Waals surface area contributed by atoms with Crippen LogP contribution in [0.5, 0.6) is 0 Å². The normalized spacial score (nSPS) is 28.5. The van der Waals surface area contributed by atoms with Gasteiger partial charge in [0.05, 0.1) is 5.39 Å². The van der Waals surface area contributed by atoms with E-state index >= 15 is 0 Å². The Labute approximate surface area is 145 Å². The van der Waals surface area contributed by atoms with Crippen molar-refractivity contribution >= 4 is 22.8 Å². The fourth-order valence-corrected chi connectivity index (χ4v) is 4.70. The second kappa shape index (κ2) is 6.27. The van der Waals surface area contributed by atoms with E-state index in [-0.39, 0.29) is 30.4 Å². The van der Waals surface area contributed by atoms with Crippen molar-refractivity contribution in [2.24, 2.45) is 17.8 Å². The van der Waals surface area contributed by atoms with E-state index in [0.29, 0.717) is 19.0 Å². The summed E-state index contributed by atoms with van der Waals surface area (Å²) in [4.78, 5) is 27.4. The van der Waals surface area contributed by atoms with Crippen LogP contribution >= 0.6 is 0 Å². The molecule has 1 saturated carbocycles. The van der Waals surface area contributed by atoms with E-state index < -0.39 is 6.61 Å². The number of anilines is 1. The highest BCUT2D eigenvalue weighted by atomic mass is 16.3. The van der Waals surface area contributed by atoms with Crippen LogP contribution in [0.1, 0.15) is 6.42 Å². The zero-order chi connectivity index (χ0) is 17.6. The highest BCUT2D eigenvalue weighted by Crippen LogP contribution is 2.45. The third kappa shape index (κ3) is 2.56. The number of carbonyl (C=O) groups is 1. The van der Waals surface area contributed by atoms with Gasteiger partial charge in [-0.1, -0.05) is 0 Å². The van der Waals surface area contributed by atoms with Crippen LogP contribution in [-0.2, 0) is 4.79 Å². The van der Waals surface area contributed by atoms with E-state index in [4.69, 9.17) is 5.11 Å². The summed E-state index contributed by atoms with van der Waals surface area (Å²) in [5.41, 5.74) is 0.801. The summed E-state index contributed by atoms with van der Waals surface area (Å²) in [6, 6.07) is 2.13. The van der Waals surface area contributed by atoms with Gasteiger partial charge in [-0.25, -0.2) is 9.97 Å². The fraction of sp³-hybridized carbons (Fsp3) is 0.588. The van der Waals surface area contributed by atoms with Gasteiger partial charge in [0.1, 0.15) is 24.4 Å². The van der Waals surface area contributed by atoms with Crippen LogP contribution in [0.15, 0.2) is 18.6 Å². The number of aliphatic hydroxyl groups is 2. The maximum Gasteiger partial charge on any atom is 0.248 e. The Morgan fingerprint density at radius 3 is 3.00 bits per heavy atom. The summed E-state index contributed by atoms with van der Waals surface area (Å²) < 4.78 is 0. The Morgan fingerprint density at radius 1 is 1.40 bits per heavy atom. The third-order valence-corrected chi connectivity index (χ3v) is 5.94. The van der Waals surface area contributed by atoms with Crippen LogP contribution < -0.4 is 4.90 Å². The number of amides is 1. The van der Waals surface area contributed by atoms with Gasteiger partial charge in [-0.15, -0.1) is 0 Å². The molecule has 0 aromatic carbocycles.